The van der Waals surface area contributed by atoms with Crippen molar-refractivity contribution < 1.29 is 9.59 Å². The van der Waals surface area contributed by atoms with Crippen LogP contribution in [0, 0.1) is 5.92 Å². The van der Waals surface area contributed by atoms with Crippen molar-refractivity contribution in [2.24, 2.45) is 11.7 Å². The maximum atomic E-state index is 12.4. The average molecular weight is 317 g/mol. The first-order valence-corrected chi connectivity index (χ1v) is 8.20. The molecule has 0 spiro atoms. The first kappa shape index (κ1) is 15.6. The van der Waals surface area contributed by atoms with Gasteiger partial charge in [-0.05, 0) is 37.8 Å². The summed E-state index contributed by atoms with van der Waals surface area (Å²) in [5, 5.41) is 2.94. The number of pyridine rings is 1. The summed E-state index contributed by atoms with van der Waals surface area (Å²) in [6.45, 7) is 2.87. The number of hydrogen-bond donors (Lipinski definition) is 2. The number of nitrogens with zero attached hydrogens (tertiary/aromatic N) is 3. The van der Waals surface area contributed by atoms with Gasteiger partial charge in [0.25, 0.3) is 0 Å². The van der Waals surface area contributed by atoms with E-state index in [-0.39, 0.29) is 17.9 Å². The third kappa shape index (κ3) is 3.55. The fraction of sp³-hybridized carbons (Fsp3) is 0.562. The first-order chi connectivity index (χ1) is 11.1. The Morgan fingerprint density at radius 2 is 2.00 bits per heavy atom. The molecule has 0 saturated carbocycles. The first-order valence-electron chi connectivity index (χ1n) is 8.20. The van der Waals surface area contributed by atoms with Gasteiger partial charge in [0.1, 0.15) is 0 Å². The molecule has 3 amide bonds. The summed E-state index contributed by atoms with van der Waals surface area (Å²) in [5.41, 5.74) is 6.04. The Labute approximate surface area is 135 Å². The second-order valence-corrected chi connectivity index (χ2v) is 6.19. The van der Waals surface area contributed by atoms with E-state index in [1.165, 1.54) is 6.42 Å². The van der Waals surface area contributed by atoms with Crippen LogP contribution in [0.2, 0.25) is 0 Å². The van der Waals surface area contributed by atoms with Crippen LogP contribution in [0.25, 0.3) is 0 Å². The van der Waals surface area contributed by atoms with Crippen LogP contribution in [0.4, 0.5) is 16.3 Å². The number of carbonyl (C=O) groups excluding carboxylic acids is 2. The number of urea groups is 1. The minimum atomic E-state index is -0.337. The molecule has 2 fully saturated rings. The summed E-state index contributed by atoms with van der Waals surface area (Å²) >= 11 is 0. The summed E-state index contributed by atoms with van der Waals surface area (Å²) in [4.78, 5) is 32.0. The van der Waals surface area contributed by atoms with Crippen LogP contribution in [-0.4, -0.2) is 48.0 Å². The second kappa shape index (κ2) is 6.85. The van der Waals surface area contributed by atoms with E-state index in [1.807, 2.05) is 12.1 Å². The topological polar surface area (TPSA) is 91.6 Å². The zero-order chi connectivity index (χ0) is 16.2. The number of primary amides is 1. The van der Waals surface area contributed by atoms with Gasteiger partial charge in [-0.1, -0.05) is 0 Å². The van der Waals surface area contributed by atoms with E-state index in [4.69, 9.17) is 5.73 Å². The molecule has 23 heavy (non-hydrogen) atoms. The van der Waals surface area contributed by atoms with Gasteiger partial charge in [0.05, 0.1) is 11.6 Å². The van der Waals surface area contributed by atoms with E-state index in [2.05, 4.69) is 15.2 Å². The highest BCUT2D eigenvalue weighted by molar-refractivity contribution is 5.93. The minimum absolute atomic E-state index is 0.194. The summed E-state index contributed by atoms with van der Waals surface area (Å²) in [6, 6.07) is 3.50. The van der Waals surface area contributed by atoms with Gasteiger partial charge >= 0.3 is 6.03 Å². The third-order valence-electron chi connectivity index (χ3n) is 4.56. The molecule has 3 rings (SSSR count). The number of hydrogen-bond acceptors (Lipinski definition) is 4. The number of amides is 3. The number of rotatable bonds is 3. The molecule has 7 nitrogen and oxygen atoms in total. The normalized spacial score (nSPS) is 21.3. The number of aromatic nitrogens is 1. The molecular weight excluding hydrogens is 294 g/mol. The highest BCUT2D eigenvalue weighted by atomic mass is 16.2. The van der Waals surface area contributed by atoms with Crippen LogP contribution in [0.5, 0.6) is 0 Å². The zero-order valence-electron chi connectivity index (χ0n) is 13.2. The van der Waals surface area contributed by atoms with Crippen LogP contribution in [0.15, 0.2) is 18.3 Å². The predicted molar refractivity (Wildman–Crippen MR) is 88.2 cm³/mol. The highest BCUT2D eigenvalue weighted by Gasteiger charge is 2.30. The molecule has 2 aliphatic rings. The monoisotopic (exact) mass is 317 g/mol. The van der Waals surface area contributed by atoms with E-state index in [9.17, 15) is 9.59 Å². The number of piperidine rings is 1. The Morgan fingerprint density at radius 1 is 1.22 bits per heavy atom. The molecule has 0 radical (unpaired) electrons. The largest absolute Gasteiger partial charge is 0.369 e. The molecule has 7 heteroatoms. The molecule has 0 aliphatic carbocycles. The van der Waals surface area contributed by atoms with Crippen LogP contribution in [-0.2, 0) is 4.79 Å². The number of anilines is 2. The Kier molecular flexibility index (Phi) is 4.64. The van der Waals surface area contributed by atoms with E-state index in [0.717, 1.165) is 37.4 Å². The van der Waals surface area contributed by atoms with Gasteiger partial charge in [-0.3, -0.25) is 4.79 Å². The number of nitrogens with one attached hydrogen (secondary N) is 1. The van der Waals surface area contributed by atoms with Gasteiger partial charge in [-0.2, -0.15) is 0 Å². The Hall–Kier alpha value is -2.31. The number of carbonyl (C=O) groups is 2. The lowest BCUT2D eigenvalue weighted by molar-refractivity contribution is -0.121. The van der Waals surface area contributed by atoms with Gasteiger partial charge in [0.2, 0.25) is 5.91 Å². The van der Waals surface area contributed by atoms with Crippen molar-refractivity contribution in [2.45, 2.75) is 25.7 Å². The van der Waals surface area contributed by atoms with E-state index < -0.39 is 0 Å². The SMILES string of the molecule is NC(=O)C1CCN(C(=O)Nc2cccnc2N2CCCCC2)C1. The molecule has 1 atom stereocenters. The number of nitrogens with two attached hydrogens (primary N) is 1. The smallest absolute Gasteiger partial charge is 0.321 e. The lowest BCUT2D eigenvalue weighted by Gasteiger charge is -2.29. The van der Waals surface area contributed by atoms with Crippen molar-refractivity contribution in [1.29, 1.82) is 0 Å². The zero-order valence-corrected chi connectivity index (χ0v) is 13.2. The predicted octanol–water partition coefficient (Wildman–Crippen LogP) is 1.41. The summed E-state index contributed by atoms with van der Waals surface area (Å²) < 4.78 is 0. The fourth-order valence-corrected chi connectivity index (χ4v) is 3.22. The molecule has 3 heterocycles. The molecule has 0 bridgehead atoms. The molecule has 2 saturated heterocycles. The molecule has 124 valence electrons. The summed E-state index contributed by atoms with van der Waals surface area (Å²) in [6.07, 6.45) is 5.92. The maximum absolute atomic E-state index is 12.4. The second-order valence-electron chi connectivity index (χ2n) is 6.19. The van der Waals surface area contributed by atoms with Crippen LogP contribution < -0.4 is 16.0 Å². The van der Waals surface area contributed by atoms with Crippen molar-refractivity contribution in [3.63, 3.8) is 0 Å². The van der Waals surface area contributed by atoms with E-state index in [1.54, 1.807) is 11.1 Å². The van der Waals surface area contributed by atoms with Crippen molar-refractivity contribution >= 4 is 23.4 Å². The van der Waals surface area contributed by atoms with E-state index >= 15 is 0 Å². The Bertz CT molecular complexity index is 586. The minimum Gasteiger partial charge on any atom is -0.369 e. The third-order valence-corrected chi connectivity index (χ3v) is 4.56. The van der Waals surface area contributed by atoms with Gasteiger partial charge < -0.3 is 20.9 Å². The highest BCUT2D eigenvalue weighted by Crippen LogP contribution is 2.26. The van der Waals surface area contributed by atoms with Crippen LogP contribution in [0.3, 0.4) is 0 Å². The molecule has 2 aliphatic heterocycles. The molecule has 1 aromatic heterocycles. The molecule has 1 unspecified atom stereocenters. The van der Waals surface area contributed by atoms with Crippen molar-refractivity contribution in [3.05, 3.63) is 18.3 Å². The average Bonchev–Trinajstić information content (AvgIpc) is 3.07. The van der Waals surface area contributed by atoms with Crippen molar-refractivity contribution in [1.82, 2.24) is 9.88 Å². The summed E-state index contributed by atoms with van der Waals surface area (Å²) in [5.74, 6) is 0.248. The quantitative estimate of drug-likeness (QED) is 0.882. The Morgan fingerprint density at radius 3 is 2.70 bits per heavy atom. The van der Waals surface area contributed by atoms with Gasteiger partial charge in [0, 0.05) is 32.4 Å². The molecule has 1 aromatic rings. The standard InChI is InChI=1S/C16H23N5O2/c17-14(22)12-6-10-21(11-12)16(23)19-13-5-4-7-18-15(13)20-8-2-1-3-9-20/h4-5,7,12H,1-3,6,8-11H2,(H2,17,22)(H,19,23). The van der Waals surface area contributed by atoms with Crippen molar-refractivity contribution in [3.8, 4) is 0 Å². The summed E-state index contributed by atoms with van der Waals surface area (Å²) in [7, 11) is 0. The maximum Gasteiger partial charge on any atom is 0.321 e. The lowest BCUT2D eigenvalue weighted by Crippen LogP contribution is -2.36. The van der Waals surface area contributed by atoms with Crippen LogP contribution in [0.1, 0.15) is 25.7 Å². The molecule has 3 N–H and O–H groups in total. The fourth-order valence-electron chi connectivity index (χ4n) is 3.22. The molecule has 0 aromatic carbocycles. The van der Waals surface area contributed by atoms with Crippen molar-refractivity contribution in [2.75, 3.05) is 36.4 Å². The number of likely N-dealkylation sites (tertiary alicyclic amines) is 1. The van der Waals surface area contributed by atoms with Gasteiger partial charge in [-0.15, -0.1) is 0 Å². The van der Waals surface area contributed by atoms with Gasteiger partial charge in [0.15, 0.2) is 5.82 Å². The lowest BCUT2D eigenvalue weighted by atomic mass is 10.1. The Balaban J connectivity index is 1.68. The van der Waals surface area contributed by atoms with E-state index in [0.29, 0.717) is 19.5 Å². The van der Waals surface area contributed by atoms with Gasteiger partial charge in [-0.25, -0.2) is 9.78 Å². The molecular formula is C16H23N5O2. The van der Waals surface area contributed by atoms with Crippen LogP contribution >= 0.6 is 0 Å².